The van der Waals surface area contributed by atoms with Crippen molar-refractivity contribution in [1.29, 1.82) is 0 Å². The highest BCUT2D eigenvalue weighted by Crippen LogP contribution is 2.24. The maximum atomic E-state index is 13.5. The molecule has 1 rings (SSSR count). The summed E-state index contributed by atoms with van der Waals surface area (Å²) in [5.74, 6) is -0.985. The quantitative estimate of drug-likeness (QED) is 0.758. The van der Waals surface area contributed by atoms with Gasteiger partial charge in [-0.25, -0.2) is 4.39 Å². The highest BCUT2D eigenvalue weighted by molar-refractivity contribution is 6.30. The summed E-state index contributed by atoms with van der Waals surface area (Å²) >= 11 is 5.62. The van der Waals surface area contributed by atoms with E-state index in [0.29, 0.717) is 6.42 Å². The van der Waals surface area contributed by atoms with Crippen LogP contribution in [0.2, 0.25) is 5.02 Å². The van der Waals surface area contributed by atoms with Gasteiger partial charge in [-0.05, 0) is 31.5 Å². The Hall–Kier alpha value is -0.930. The first-order valence-electron chi connectivity index (χ1n) is 4.99. The molecule has 0 radical (unpaired) electrons. The van der Waals surface area contributed by atoms with Crippen LogP contribution in [0.3, 0.4) is 0 Å². The lowest BCUT2D eigenvalue weighted by atomic mass is 9.92. The smallest absolute Gasteiger partial charge is 0.197 e. The fourth-order valence-corrected chi connectivity index (χ4v) is 1.51. The van der Waals surface area contributed by atoms with Crippen molar-refractivity contribution in [2.75, 3.05) is 7.11 Å². The third-order valence-electron chi connectivity index (χ3n) is 2.78. The van der Waals surface area contributed by atoms with E-state index in [9.17, 15) is 9.18 Å². The molecule has 1 aromatic carbocycles. The molecule has 4 heteroatoms. The second-order valence-electron chi connectivity index (χ2n) is 3.74. The first-order chi connectivity index (χ1) is 7.44. The molecule has 0 saturated heterocycles. The number of rotatable bonds is 4. The molecule has 0 fully saturated rings. The zero-order valence-corrected chi connectivity index (χ0v) is 10.3. The molecule has 88 valence electrons. The Morgan fingerprint density at radius 1 is 1.56 bits per heavy atom. The number of benzene rings is 1. The van der Waals surface area contributed by atoms with Gasteiger partial charge in [0.1, 0.15) is 11.4 Å². The zero-order valence-electron chi connectivity index (χ0n) is 9.51. The number of hydrogen-bond acceptors (Lipinski definition) is 2. The maximum Gasteiger partial charge on any atom is 0.197 e. The zero-order chi connectivity index (χ0) is 12.3. The summed E-state index contributed by atoms with van der Waals surface area (Å²) < 4.78 is 18.7. The van der Waals surface area contributed by atoms with E-state index >= 15 is 0 Å². The second-order valence-corrected chi connectivity index (χ2v) is 4.18. The topological polar surface area (TPSA) is 26.3 Å². The fourth-order valence-electron chi connectivity index (χ4n) is 1.36. The highest BCUT2D eigenvalue weighted by atomic mass is 35.5. The number of Topliss-reactive ketones (excluding diaryl/α,β-unsaturated/α-hetero) is 1. The van der Waals surface area contributed by atoms with Crippen molar-refractivity contribution in [3.8, 4) is 0 Å². The standard InChI is InChI=1S/C12H14ClFO2/c1-4-12(2,16-3)11(15)9-6-5-8(13)7-10(9)14/h5-7H,4H2,1-3H3. The van der Waals surface area contributed by atoms with Crippen molar-refractivity contribution >= 4 is 17.4 Å². The molecule has 0 bridgehead atoms. The van der Waals surface area contributed by atoms with Gasteiger partial charge in [0.25, 0.3) is 0 Å². The average molecular weight is 245 g/mol. The Kier molecular flexibility index (Phi) is 4.05. The van der Waals surface area contributed by atoms with Crippen LogP contribution in [0.5, 0.6) is 0 Å². The predicted octanol–water partition coefficient (Wildman–Crippen LogP) is 3.48. The maximum absolute atomic E-state index is 13.5. The predicted molar refractivity (Wildman–Crippen MR) is 61.4 cm³/mol. The molecule has 0 aromatic heterocycles. The van der Waals surface area contributed by atoms with Crippen molar-refractivity contribution in [2.24, 2.45) is 0 Å². The third kappa shape index (κ3) is 2.42. The molecule has 0 aliphatic rings. The normalized spacial score (nSPS) is 14.6. The molecule has 0 heterocycles. The van der Waals surface area contributed by atoms with Gasteiger partial charge in [0.15, 0.2) is 5.78 Å². The van der Waals surface area contributed by atoms with Gasteiger partial charge < -0.3 is 4.74 Å². The van der Waals surface area contributed by atoms with Crippen molar-refractivity contribution in [1.82, 2.24) is 0 Å². The van der Waals surface area contributed by atoms with Gasteiger partial charge in [0.2, 0.25) is 0 Å². The van der Waals surface area contributed by atoms with E-state index in [0.717, 1.165) is 6.07 Å². The Morgan fingerprint density at radius 2 is 2.19 bits per heavy atom. The van der Waals surface area contributed by atoms with Crippen LogP contribution in [0.15, 0.2) is 18.2 Å². The van der Waals surface area contributed by atoms with E-state index in [1.54, 1.807) is 6.92 Å². The number of methoxy groups -OCH3 is 1. The van der Waals surface area contributed by atoms with Gasteiger partial charge in [-0.3, -0.25) is 4.79 Å². The molecule has 1 aromatic rings. The van der Waals surface area contributed by atoms with Crippen LogP contribution >= 0.6 is 11.6 Å². The number of ketones is 1. The summed E-state index contributed by atoms with van der Waals surface area (Å²) in [6.07, 6.45) is 0.477. The van der Waals surface area contributed by atoms with Crippen molar-refractivity contribution in [3.63, 3.8) is 0 Å². The summed E-state index contributed by atoms with van der Waals surface area (Å²) in [7, 11) is 1.44. The molecule has 0 saturated carbocycles. The van der Waals surface area contributed by atoms with Crippen LogP contribution in [0.4, 0.5) is 4.39 Å². The SMILES string of the molecule is CCC(C)(OC)C(=O)c1ccc(Cl)cc1F. The lowest BCUT2D eigenvalue weighted by Crippen LogP contribution is -2.37. The van der Waals surface area contributed by atoms with Crippen LogP contribution in [0, 0.1) is 5.82 Å². The van der Waals surface area contributed by atoms with Crippen molar-refractivity contribution < 1.29 is 13.9 Å². The van der Waals surface area contributed by atoms with Gasteiger partial charge in [-0.2, -0.15) is 0 Å². The van der Waals surface area contributed by atoms with Gasteiger partial charge in [0, 0.05) is 12.1 Å². The summed E-state index contributed by atoms with van der Waals surface area (Å²) in [4.78, 5) is 12.1. The molecule has 16 heavy (non-hydrogen) atoms. The molecule has 1 atom stereocenters. The summed E-state index contributed by atoms with van der Waals surface area (Å²) in [5, 5.41) is 0.268. The third-order valence-corrected chi connectivity index (χ3v) is 3.02. The molecule has 1 unspecified atom stereocenters. The van der Waals surface area contributed by atoms with Crippen LogP contribution in [0.1, 0.15) is 30.6 Å². The van der Waals surface area contributed by atoms with Crippen molar-refractivity contribution in [2.45, 2.75) is 25.9 Å². The van der Waals surface area contributed by atoms with Gasteiger partial charge in [-0.15, -0.1) is 0 Å². The van der Waals surface area contributed by atoms with E-state index in [-0.39, 0.29) is 16.4 Å². The molecule has 0 spiro atoms. The fraction of sp³-hybridized carbons (Fsp3) is 0.417. The lowest BCUT2D eigenvalue weighted by molar-refractivity contribution is 0.0103. The minimum atomic E-state index is -0.991. The van der Waals surface area contributed by atoms with Crippen LogP contribution in [-0.2, 0) is 4.74 Å². The highest BCUT2D eigenvalue weighted by Gasteiger charge is 2.33. The van der Waals surface area contributed by atoms with Crippen molar-refractivity contribution in [3.05, 3.63) is 34.6 Å². The molecule has 2 nitrogen and oxygen atoms in total. The minimum Gasteiger partial charge on any atom is -0.370 e. The molecule has 0 N–H and O–H groups in total. The van der Waals surface area contributed by atoms with E-state index in [2.05, 4.69) is 0 Å². The molecular formula is C12H14ClFO2. The molecule has 0 amide bonds. The first-order valence-corrected chi connectivity index (χ1v) is 5.37. The van der Waals surface area contributed by atoms with Crippen LogP contribution < -0.4 is 0 Å². The number of hydrogen-bond donors (Lipinski definition) is 0. The van der Waals surface area contributed by atoms with Gasteiger partial charge in [-0.1, -0.05) is 18.5 Å². The van der Waals surface area contributed by atoms with E-state index in [4.69, 9.17) is 16.3 Å². The Labute approximate surface area is 99.4 Å². The average Bonchev–Trinajstić information content (AvgIpc) is 2.27. The monoisotopic (exact) mass is 244 g/mol. The Balaban J connectivity index is 3.14. The van der Waals surface area contributed by atoms with Gasteiger partial charge in [0.05, 0.1) is 5.56 Å². The summed E-state index contributed by atoms with van der Waals surface area (Å²) in [5.41, 5.74) is -0.982. The second kappa shape index (κ2) is 4.93. The first kappa shape index (κ1) is 13.1. The largest absolute Gasteiger partial charge is 0.370 e. The lowest BCUT2D eigenvalue weighted by Gasteiger charge is -2.25. The molecule has 0 aliphatic carbocycles. The summed E-state index contributed by atoms with van der Waals surface area (Å²) in [6.45, 7) is 3.46. The minimum absolute atomic E-state index is 0.00981. The molecular weight excluding hydrogens is 231 g/mol. The Bertz CT molecular complexity index is 400. The molecule has 0 aliphatic heterocycles. The van der Waals surface area contributed by atoms with Gasteiger partial charge >= 0.3 is 0 Å². The number of ether oxygens (including phenoxy) is 1. The number of halogens is 2. The number of carbonyl (C=O) groups excluding carboxylic acids is 1. The summed E-state index contributed by atoms with van der Waals surface area (Å²) in [6, 6.07) is 4.00. The van der Waals surface area contributed by atoms with E-state index in [1.165, 1.54) is 19.2 Å². The van der Waals surface area contributed by atoms with E-state index < -0.39 is 11.4 Å². The number of carbonyl (C=O) groups is 1. The Morgan fingerprint density at radius 3 is 2.62 bits per heavy atom. The van der Waals surface area contributed by atoms with E-state index in [1.807, 2.05) is 6.92 Å². The van der Waals surface area contributed by atoms with Crippen LogP contribution in [-0.4, -0.2) is 18.5 Å². The van der Waals surface area contributed by atoms with Crippen LogP contribution in [0.25, 0.3) is 0 Å².